The number of rotatable bonds is 7. The summed E-state index contributed by atoms with van der Waals surface area (Å²) in [5.74, 6) is 0. The van der Waals surface area contributed by atoms with E-state index in [4.69, 9.17) is 0 Å². The average molecular weight is 285 g/mol. The van der Waals surface area contributed by atoms with Gasteiger partial charge in [-0.2, -0.15) is 0 Å². The van der Waals surface area contributed by atoms with E-state index in [0.29, 0.717) is 6.04 Å². The normalized spacial score (nSPS) is 12.7. The predicted octanol–water partition coefficient (Wildman–Crippen LogP) is 4.08. The first kappa shape index (κ1) is 13.7. The Morgan fingerprint density at radius 1 is 1.38 bits per heavy atom. The fourth-order valence-corrected chi connectivity index (χ4v) is 2.25. The Labute approximate surface area is 107 Å². The molecule has 1 unspecified atom stereocenters. The van der Waals surface area contributed by atoms with Crippen LogP contribution in [0.1, 0.15) is 51.3 Å². The molecule has 0 bridgehead atoms. The Balaban J connectivity index is 2.70. The summed E-state index contributed by atoms with van der Waals surface area (Å²) in [7, 11) is 0. The highest BCUT2D eigenvalue weighted by molar-refractivity contribution is 9.10. The first-order valence-electron chi connectivity index (χ1n) is 6.13. The van der Waals surface area contributed by atoms with Gasteiger partial charge in [-0.3, -0.25) is 4.98 Å². The fourth-order valence-electron chi connectivity index (χ4n) is 1.72. The van der Waals surface area contributed by atoms with E-state index < -0.39 is 0 Å². The number of pyridine rings is 1. The lowest BCUT2D eigenvalue weighted by Gasteiger charge is -2.18. The highest BCUT2D eigenvalue weighted by Gasteiger charge is 2.13. The number of nitrogens with one attached hydrogen (secondary N) is 1. The summed E-state index contributed by atoms with van der Waals surface area (Å²) in [6, 6.07) is 4.41. The molecule has 0 radical (unpaired) electrons. The summed E-state index contributed by atoms with van der Waals surface area (Å²) in [5.41, 5.74) is 1.14. The molecule has 1 aromatic rings. The van der Waals surface area contributed by atoms with Gasteiger partial charge in [-0.25, -0.2) is 0 Å². The van der Waals surface area contributed by atoms with Gasteiger partial charge in [0.05, 0.1) is 11.7 Å². The molecular weight excluding hydrogens is 264 g/mol. The molecule has 0 aromatic carbocycles. The summed E-state index contributed by atoms with van der Waals surface area (Å²) in [4.78, 5) is 4.48. The van der Waals surface area contributed by atoms with Crippen molar-refractivity contribution in [3.05, 3.63) is 28.5 Å². The zero-order valence-corrected chi connectivity index (χ0v) is 11.8. The van der Waals surface area contributed by atoms with Crippen molar-refractivity contribution >= 4 is 15.9 Å². The lowest BCUT2D eigenvalue weighted by Crippen LogP contribution is -2.23. The number of nitrogens with zero attached hydrogens (tertiary/aromatic N) is 1. The van der Waals surface area contributed by atoms with Crippen molar-refractivity contribution in [2.75, 3.05) is 6.54 Å². The maximum absolute atomic E-state index is 4.48. The highest BCUT2D eigenvalue weighted by atomic mass is 79.9. The van der Waals surface area contributed by atoms with Crippen LogP contribution in [0, 0.1) is 0 Å². The molecule has 1 heterocycles. The van der Waals surface area contributed by atoms with E-state index in [1.54, 1.807) is 0 Å². The molecule has 1 rings (SSSR count). The van der Waals surface area contributed by atoms with Crippen LogP contribution >= 0.6 is 15.9 Å². The minimum atomic E-state index is 0.385. The van der Waals surface area contributed by atoms with E-state index in [9.17, 15) is 0 Å². The molecule has 16 heavy (non-hydrogen) atoms. The lowest BCUT2D eigenvalue weighted by atomic mass is 10.1. The highest BCUT2D eigenvalue weighted by Crippen LogP contribution is 2.24. The van der Waals surface area contributed by atoms with Gasteiger partial charge in [-0.05, 0) is 47.4 Å². The molecule has 90 valence electrons. The van der Waals surface area contributed by atoms with Crippen LogP contribution in [0.15, 0.2) is 22.8 Å². The third kappa shape index (κ3) is 4.22. The summed E-state index contributed by atoms with van der Waals surface area (Å²) < 4.78 is 1.11. The van der Waals surface area contributed by atoms with Crippen LogP contribution in [0.2, 0.25) is 0 Å². The largest absolute Gasteiger partial charge is 0.309 e. The van der Waals surface area contributed by atoms with Gasteiger partial charge in [0.1, 0.15) is 0 Å². The Kier molecular flexibility index (Phi) is 6.65. The van der Waals surface area contributed by atoms with Gasteiger partial charge in [-0.15, -0.1) is 0 Å². The predicted molar refractivity (Wildman–Crippen MR) is 72.5 cm³/mol. The maximum atomic E-state index is 4.48. The lowest BCUT2D eigenvalue weighted by molar-refractivity contribution is 0.470. The quantitative estimate of drug-likeness (QED) is 0.816. The van der Waals surface area contributed by atoms with Crippen molar-refractivity contribution in [1.29, 1.82) is 0 Å². The smallest absolute Gasteiger partial charge is 0.0714 e. The summed E-state index contributed by atoms with van der Waals surface area (Å²) in [6.45, 7) is 5.47. The van der Waals surface area contributed by atoms with Crippen molar-refractivity contribution < 1.29 is 0 Å². The topological polar surface area (TPSA) is 24.9 Å². The van der Waals surface area contributed by atoms with Gasteiger partial charge < -0.3 is 5.32 Å². The molecule has 0 amide bonds. The van der Waals surface area contributed by atoms with Crippen molar-refractivity contribution in [1.82, 2.24) is 10.3 Å². The van der Waals surface area contributed by atoms with Crippen LogP contribution in [0.3, 0.4) is 0 Å². The van der Waals surface area contributed by atoms with Crippen LogP contribution in [-0.2, 0) is 0 Å². The third-order valence-corrected chi connectivity index (χ3v) is 3.27. The molecule has 1 aromatic heterocycles. The summed E-state index contributed by atoms with van der Waals surface area (Å²) in [6.07, 6.45) is 6.66. The van der Waals surface area contributed by atoms with E-state index in [-0.39, 0.29) is 0 Å². The van der Waals surface area contributed by atoms with Gasteiger partial charge in [0.2, 0.25) is 0 Å². The van der Waals surface area contributed by atoms with Crippen molar-refractivity contribution in [2.45, 2.75) is 45.6 Å². The van der Waals surface area contributed by atoms with E-state index in [1.165, 1.54) is 12.8 Å². The van der Waals surface area contributed by atoms with E-state index >= 15 is 0 Å². The summed E-state index contributed by atoms with van der Waals surface area (Å²) in [5, 5.41) is 3.57. The van der Waals surface area contributed by atoms with Crippen LogP contribution in [-0.4, -0.2) is 11.5 Å². The molecule has 2 nitrogen and oxygen atoms in total. The van der Waals surface area contributed by atoms with Crippen LogP contribution in [0.4, 0.5) is 0 Å². The van der Waals surface area contributed by atoms with E-state index in [2.05, 4.69) is 46.1 Å². The van der Waals surface area contributed by atoms with E-state index in [0.717, 1.165) is 29.6 Å². The molecule has 0 aliphatic rings. The SMILES string of the molecule is CCCCC(NCCC)c1ncccc1Br. The number of hydrogen-bond donors (Lipinski definition) is 1. The minimum Gasteiger partial charge on any atom is -0.309 e. The zero-order chi connectivity index (χ0) is 11.8. The second-order valence-corrected chi connectivity index (χ2v) is 4.87. The number of aromatic nitrogens is 1. The standard InChI is InChI=1S/C13H21BrN2/c1-3-5-8-12(15-9-4-2)13-11(14)7-6-10-16-13/h6-7,10,12,15H,3-5,8-9H2,1-2H3. The van der Waals surface area contributed by atoms with Gasteiger partial charge in [0.15, 0.2) is 0 Å². The number of hydrogen-bond acceptors (Lipinski definition) is 2. The molecule has 0 aliphatic carbocycles. The average Bonchev–Trinajstić information content (AvgIpc) is 2.31. The van der Waals surface area contributed by atoms with Crippen molar-refractivity contribution in [2.24, 2.45) is 0 Å². The molecular formula is C13H21BrN2. The second kappa shape index (κ2) is 7.80. The molecule has 0 spiro atoms. The van der Waals surface area contributed by atoms with Crippen molar-refractivity contribution in [3.8, 4) is 0 Å². The first-order valence-corrected chi connectivity index (χ1v) is 6.92. The third-order valence-electron chi connectivity index (χ3n) is 2.60. The van der Waals surface area contributed by atoms with Crippen LogP contribution < -0.4 is 5.32 Å². The van der Waals surface area contributed by atoms with Crippen molar-refractivity contribution in [3.63, 3.8) is 0 Å². The zero-order valence-electron chi connectivity index (χ0n) is 10.2. The second-order valence-electron chi connectivity index (χ2n) is 4.02. The molecule has 1 N–H and O–H groups in total. The Morgan fingerprint density at radius 2 is 2.19 bits per heavy atom. The fraction of sp³-hybridized carbons (Fsp3) is 0.615. The van der Waals surface area contributed by atoms with Crippen LogP contribution in [0.25, 0.3) is 0 Å². The molecule has 0 aliphatic heterocycles. The molecule has 1 atom stereocenters. The monoisotopic (exact) mass is 284 g/mol. The molecule has 3 heteroatoms. The first-order chi connectivity index (χ1) is 7.79. The van der Waals surface area contributed by atoms with Gasteiger partial charge >= 0.3 is 0 Å². The number of unbranched alkanes of at least 4 members (excludes halogenated alkanes) is 1. The molecule has 0 saturated heterocycles. The van der Waals surface area contributed by atoms with Gasteiger partial charge in [0.25, 0.3) is 0 Å². The van der Waals surface area contributed by atoms with Gasteiger partial charge in [-0.1, -0.05) is 26.7 Å². The Hall–Kier alpha value is -0.410. The van der Waals surface area contributed by atoms with E-state index in [1.807, 2.05) is 12.3 Å². The molecule has 0 saturated carbocycles. The van der Waals surface area contributed by atoms with Crippen LogP contribution in [0.5, 0.6) is 0 Å². The summed E-state index contributed by atoms with van der Waals surface area (Å²) >= 11 is 3.58. The Bertz CT molecular complexity index is 294. The Morgan fingerprint density at radius 3 is 2.81 bits per heavy atom. The van der Waals surface area contributed by atoms with Gasteiger partial charge in [0, 0.05) is 10.7 Å². The minimum absolute atomic E-state index is 0.385. The maximum Gasteiger partial charge on any atom is 0.0714 e. The number of halogens is 1. The molecule has 0 fully saturated rings.